The molecule has 0 aliphatic heterocycles. The number of halogens is 1. The minimum atomic E-state index is -0.511. The van der Waals surface area contributed by atoms with Gasteiger partial charge in [-0.05, 0) is 0 Å². The van der Waals surface area contributed by atoms with Gasteiger partial charge in [-0.2, -0.15) is 0 Å². The molecule has 18 heavy (non-hydrogen) atoms. The van der Waals surface area contributed by atoms with Gasteiger partial charge in [-0.3, -0.25) is 0 Å². The second kappa shape index (κ2) is 5.36. The molecule has 2 aromatic rings. The minimum absolute atomic E-state index is 0.0571. The van der Waals surface area contributed by atoms with E-state index < -0.39 is 11.7 Å². The molecular weight excluding hydrogens is 292 g/mol. The van der Waals surface area contributed by atoms with Crippen molar-refractivity contribution in [3.05, 3.63) is 59.4 Å². The molecule has 0 radical (unpaired) electrons. The quantitative estimate of drug-likeness (QED) is 0.840. The van der Waals surface area contributed by atoms with Crippen LogP contribution >= 0.6 is 0 Å². The molecule has 1 atom stereocenters. The number of aryl methyl sites for hydroxylation is 1. The molecule has 0 heterocycles. The van der Waals surface area contributed by atoms with E-state index in [4.69, 9.17) is 0 Å². The summed E-state index contributed by atoms with van der Waals surface area (Å²) < 4.78 is 14.6. The summed E-state index contributed by atoms with van der Waals surface area (Å²) in [6.07, 6.45) is 0. The van der Waals surface area contributed by atoms with E-state index in [1.807, 2.05) is 25.1 Å². The Morgan fingerprint density at radius 2 is 1.94 bits per heavy atom. The van der Waals surface area contributed by atoms with Crippen molar-refractivity contribution in [3.8, 4) is 0 Å². The molecular formula is C14H13AsFNO. The van der Waals surface area contributed by atoms with Crippen LogP contribution in [-0.2, 0) is 0 Å². The van der Waals surface area contributed by atoms with E-state index in [1.165, 1.54) is 33.3 Å². The number of benzene rings is 2. The van der Waals surface area contributed by atoms with E-state index in [1.54, 1.807) is 12.1 Å². The molecule has 2 aromatic carbocycles. The van der Waals surface area contributed by atoms with E-state index >= 15 is 0 Å². The van der Waals surface area contributed by atoms with E-state index in [0.29, 0.717) is 5.69 Å². The summed E-state index contributed by atoms with van der Waals surface area (Å²) in [6.45, 7) is 1.92. The third-order valence-corrected chi connectivity index (χ3v) is 3.37. The van der Waals surface area contributed by atoms with Gasteiger partial charge in [-0.1, -0.05) is 0 Å². The molecule has 0 fully saturated rings. The number of rotatable bonds is 2. The SMILES string of the molecule is Cc1cc([AsH2])ccc1NC(=O)c1ccccc1F. The van der Waals surface area contributed by atoms with Gasteiger partial charge in [0.05, 0.1) is 0 Å². The Balaban J connectivity index is 2.24. The van der Waals surface area contributed by atoms with Crippen LogP contribution in [0.2, 0.25) is 0 Å². The molecule has 4 heteroatoms. The summed E-state index contributed by atoms with van der Waals surface area (Å²) in [5, 5.41) is 2.72. The van der Waals surface area contributed by atoms with Crippen LogP contribution in [0.4, 0.5) is 10.1 Å². The normalized spacial score (nSPS) is 10.2. The van der Waals surface area contributed by atoms with Crippen molar-refractivity contribution in [1.82, 2.24) is 0 Å². The fourth-order valence-corrected chi connectivity index (χ4v) is 2.39. The molecule has 0 spiro atoms. The second-order valence-electron chi connectivity index (χ2n) is 4.01. The molecule has 1 N–H and O–H groups in total. The number of nitrogens with one attached hydrogen (secondary N) is 1. The van der Waals surface area contributed by atoms with Gasteiger partial charge in [0.15, 0.2) is 0 Å². The Morgan fingerprint density at radius 1 is 1.22 bits per heavy atom. The Hall–Kier alpha value is -1.60. The van der Waals surface area contributed by atoms with Crippen LogP contribution in [0.1, 0.15) is 15.9 Å². The van der Waals surface area contributed by atoms with Crippen LogP contribution in [-0.4, -0.2) is 22.8 Å². The van der Waals surface area contributed by atoms with Crippen molar-refractivity contribution >= 4 is 32.8 Å². The maximum atomic E-state index is 13.4. The monoisotopic (exact) mass is 305 g/mol. The van der Waals surface area contributed by atoms with Crippen molar-refractivity contribution in [1.29, 1.82) is 0 Å². The predicted octanol–water partition coefficient (Wildman–Crippen LogP) is 1.64. The summed E-state index contributed by atoms with van der Waals surface area (Å²) >= 11 is 1.53. The van der Waals surface area contributed by atoms with Gasteiger partial charge >= 0.3 is 114 Å². The summed E-state index contributed by atoms with van der Waals surface area (Å²) in [6, 6.07) is 11.7. The van der Waals surface area contributed by atoms with Crippen LogP contribution in [0.15, 0.2) is 42.5 Å². The molecule has 1 unspecified atom stereocenters. The fraction of sp³-hybridized carbons (Fsp3) is 0.0714. The number of hydrogen-bond acceptors (Lipinski definition) is 1. The van der Waals surface area contributed by atoms with Crippen molar-refractivity contribution in [3.63, 3.8) is 0 Å². The van der Waals surface area contributed by atoms with Crippen LogP contribution in [0, 0.1) is 12.7 Å². The fourth-order valence-electron chi connectivity index (χ4n) is 1.66. The van der Waals surface area contributed by atoms with Crippen molar-refractivity contribution < 1.29 is 9.18 Å². The average molecular weight is 305 g/mol. The van der Waals surface area contributed by atoms with Gasteiger partial charge in [-0.25, -0.2) is 0 Å². The number of amides is 1. The van der Waals surface area contributed by atoms with Gasteiger partial charge in [0.25, 0.3) is 0 Å². The molecule has 0 aliphatic rings. The number of carbonyl (C=O) groups excluding carboxylic acids is 1. The zero-order valence-electron chi connectivity index (χ0n) is 9.91. The van der Waals surface area contributed by atoms with Crippen molar-refractivity contribution in [2.75, 3.05) is 5.32 Å². The Kier molecular flexibility index (Phi) is 3.83. The third-order valence-electron chi connectivity index (χ3n) is 2.62. The zero-order chi connectivity index (χ0) is 13.1. The van der Waals surface area contributed by atoms with Gasteiger partial charge in [-0.15, -0.1) is 0 Å². The number of anilines is 1. The van der Waals surface area contributed by atoms with Crippen LogP contribution in [0.3, 0.4) is 0 Å². The van der Waals surface area contributed by atoms with Crippen molar-refractivity contribution in [2.24, 2.45) is 0 Å². The predicted molar refractivity (Wildman–Crippen MR) is 73.7 cm³/mol. The van der Waals surface area contributed by atoms with Gasteiger partial charge in [0, 0.05) is 0 Å². The van der Waals surface area contributed by atoms with E-state index in [2.05, 4.69) is 5.32 Å². The van der Waals surface area contributed by atoms with E-state index in [-0.39, 0.29) is 5.56 Å². The summed E-state index contributed by atoms with van der Waals surface area (Å²) in [7, 11) is 0. The summed E-state index contributed by atoms with van der Waals surface area (Å²) in [5.41, 5.74) is 1.74. The Labute approximate surface area is 114 Å². The topological polar surface area (TPSA) is 29.1 Å². The molecule has 92 valence electrons. The molecule has 0 aromatic heterocycles. The molecule has 0 bridgehead atoms. The first-order chi connectivity index (χ1) is 8.58. The molecule has 0 saturated carbocycles. The number of hydrogen-bond donors (Lipinski definition) is 1. The molecule has 0 aliphatic carbocycles. The first kappa shape index (κ1) is 12.8. The number of carbonyl (C=O) groups is 1. The average Bonchev–Trinajstić information content (AvgIpc) is 2.33. The maximum absolute atomic E-state index is 13.4. The molecule has 2 rings (SSSR count). The van der Waals surface area contributed by atoms with Gasteiger partial charge in [0.1, 0.15) is 0 Å². The van der Waals surface area contributed by atoms with Gasteiger partial charge in [0.2, 0.25) is 0 Å². The van der Waals surface area contributed by atoms with Crippen LogP contribution in [0.25, 0.3) is 0 Å². The van der Waals surface area contributed by atoms with Crippen molar-refractivity contribution in [2.45, 2.75) is 6.92 Å². The zero-order valence-corrected chi connectivity index (χ0v) is 12.3. The second-order valence-corrected chi connectivity index (χ2v) is 5.41. The Bertz CT molecular complexity index is 598. The Morgan fingerprint density at radius 3 is 2.61 bits per heavy atom. The summed E-state index contributed by atoms with van der Waals surface area (Å²) in [5.74, 6) is -0.936. The van der Waals surface area contributed by atoms with E-state index in [0.717, 1.165) is 5.56 Å². The van der Waals surface area contributed by atoms with Crippen LogP contribution in [0.5, 0.6) is 0 Å². The first-order valence-electron chi connectivity index (χ1n) is 5.50. The third kappa shape index (κ3) is 2.80. The summed E-state index contributed by atoms with van der Waals surface area (Å²) in [4.78, 5) is 11.9. The van der Waals surface area contributed by atoms with Crippen LogP contribution < -0.4 is 9.67 Å². The molecule has 2 nitrogen and oxygen atoms in total. The van der Waals surface area contributed by atoms with Gasteiger partial charge < -0.3 is 0 Å². The van der Waals surface area contributed by atoms with E-state index in [9.17, 15) is 9.18 Å². The first-order valence-corrected chi connectivity index (χ1v) is 6.71. The molecule has 0 saturated heterocycles. The molecule has 1 amide bonds. The standard InChI is InChI=1S/C14H13AsFNO/c1-9-8-10(15)6-7-13(9)17-14(18)11-4-2-3-5-12(11)16/h2-8H,15H2,1H3,(H,17,18).